The summed E-state index contributed by atoms with van der Waals surface area (Å²) in [5.41, 5.74) is 0. The zero-order valence-corrected chi connectivity index (χ0v) is 35.5. The molecule has 0 unspecified atom stereocenters. The summed E-state index contributed by atoms with van der Waals surface area (Å²) >= 11 is 0. The molecule has 4 N–H and O–H groups in total. The van der Waals surface area contributed by atoms with Crippen LogP contribution in [0.4, 0.5) is 4.79 Å². The number of carbonyl (C=O) groups excluding carboxylic acids is 1. The van der Waals surface area contributed by atoms with Gasteiger partial charge < -0.3 is 25.6 Å². The molecule has 0 heterocycles. The second-order valence-electron chi connectivity index (χ2n) is 15.5. The Morgan fingerprint density at radius 2 is 0.480 bits per heavy atom. The monoisotopic (exact) mass is 713 g/mol. The quantitative estimate of drug-likeness (QED) is 0.0624. The lowest BCUT2D eigenvalue weighted by Gasteiger charge is -2.13. The van der Waals surface area contributed by atoms with Crippen molar-refractivity contribution in [2.75, 3.05) is 14.1 Å². The largest absolute Gasteiger partial charge is 0.652 e. The molecule has 304 valence electrons. The van der Waals surface area contributed by atoms with Crippen molar-refractivity contribution in [3.8, 4) is 0 Å². The normalized spacial score (nSPS) is 11.0. The molecular formula is C45H96N2O3. The van der Waals surface area contributed by atoms with E-state index in [-0.39, 0.29) is 0 Å². The van der Waals surface area contributed by atoms with Gasteiger partial charge in [-0.15, -0.1) is 0 Å². The first kappa shape index (κ1) is 53.5. The first-order valence-electron chi connectivity index (χ1n) is 22.9. The zero-order chi connectivity index (χ0) is 37.6. The number of carbonyl (C=O) groups is 1. The molecular weight excluding hydrogens is 617 g/mol. The maximum Gasteiger partial charge on any atom is 0.0857 e. The zero-order valence-electron chi connectivity index (χ0n) is 35.5. The molecule has 0 radical (unpaired) electrons. The molecule has 0 aromatic carbocycles. The van der Waals surface area contributed by atoms with E-state index in [4.69, 9.17) is 15.0 Å². The van der Waals surface area contributed by atoms with Gasteiger partial charge in [-0.2, -0.15) is 0 Å². The Labute approximate surface area is 316 Å². The molecule has 0 aliphatic rings. The van der Waals surface area contributed by atoms with Crippen molar-refractivity contribution in [2.24, 2.45) is 0 Å². The van der Waals surface area contributed by atoms with Gasteiger partial charge in [0.25, 0.3) is 0 Å². The Hall–Kier alpha value is -0.810. The summed E-state index contributed by atoms with van der Waals surface area (Å²) in [4.78, 5) is 8.33. The highest BCUT2D eigenvalue weighted by Gasteiger charge is 2.09. The number of carboxylic acid groups (broad SMARTS) is 2. The van der Waals surface area contributed by atoms with Crippen LogP contribution >= 0.6 is 0 Å². The van der Waals surface area contributed by atoms with Crippen LogP contribution in [-0.2, 0) is 0 Å². The SMILES string of the molecule is CCCCCCCCCCC(CCCCCCCCCC)[NH2+]C.CCCCCCCCCCC(CCCCCCCCCC)[NH2+]C.O=C([O-])[O-]. The summed E-state index contributed by atoms with van der Waals surface area (Å²) < 4.78 is 0. The van der Waals surface area contributed by atoms with Crippen molar-refractivity contribution in [3.05, 3.63) is 0 Å². The molecule has 0 saturated carbocycles. The average molecular weight is 713 g/mol. The maximum atomic E-state index is 8.33. The molecule has 0 atom stereocenters. The summed E-state index contributed by atoms with van der Waals surface area (Å²) in [6.45, 7) is 9.20. The van der Waals surface area contributed by atoms with Crippen LogP contribution < -0.4 is 20.8 Å². The van der Waals surface area contributed by atoms with Gasteiger partial charge in [-0.1, -0.05) is 207 Å². The number of nitrogens with two attached hydrogens (primary N) is 2. The van der Waals surface area contributed by atoms with Gasteiger partial charge in [0.2, 0.25) is 0 Å². The van der Waals surface area contributed by atoms with E-state index in [2.05, 4.69) is 52.4 Å². The number of rotatable bonds is 38. The van der Waals surface area contributed by atoms with Crippen molar-refractivity contribution in [1.29, 1.82) is 0 Å². The molecule has 0 rings (SSSR count). The highest BCUT2D eigenvalue weighted by molar-refractivity contribution is 5.47. The van der Waals surface area contributed by atoms with E-state index in [0.717, 1.165) is 12.1 Å². The molecule has 5 heteroatoms. The van der Waals surface area contributed by atoms with Gasteiger partial charge in [-0.3, -0.25) is 0 Å². The first-order chi connectivity index (χ1) is 24.4. The number of hydrogen-bond donors (Lipinski definition) is 2. The molecule has 0 saturated heterocycles. The second-order valence-corrected chi connectivity index (χ2v) is 15.5. The van der Waals surface area contributed by atoms with Crippen LogP contribution in [0, 0.1) is 0 Å². The molecule has 0 aliphatic carbocycles. The summed E-state index contributed by atoms with van der Waals surface area (Å²) in [5, 5.41) is 21.6. The Morgan fingerprint density at radius 1 is 0.340 bits per heavy atom. The summed E-state index contributed by atoms with van der Waals surface area (Å²) in [6.07, 6.45) is 49.8. The third kappa shape index (κ3) is 54.0. The fourth-order valence-corrected chi connectivity index (χ4v) is 7.12. The van der Waals surface area contributed by atoms with E-state index >= 15 is 0 Å². The molecule has 0 aromatic heterocycles. The minimum Gasteiger partial charge on any atom is -0.652 e. The molecule has 50 heavy (non-hydrogen) atoms. The van der Waals surface area contributed by atoms with Crippen LogP contribution in [0.25, 0.3) is 0 Å². The van der Waals surface area contributed by atoms with Crippen molar-refractivity contribution >= 4 is 6.16 Å². The summed E-state index contributed by atoms with van der Waals surface area (Å²) in [7, 11) is 4.56. The van der Waals surface area contributed by atoms with E-state index in [9.17, 15) is 0 Å². The highest BCUT2D eigenvalue weighted by Crippen LogP contribution is 2.15. The topological polar surface area (TPSA) is 96.4 Å². The summed E-state index contributed by atoms with van der Waals surface area (Å²) in [5.74, 6) is 0. The van der Waals surface area contributed by atoms with E-state index in [1.165, 1.54) is 231 Å². The van der Waals surface area contributed by atoms with Gasteiger partial charge in [0.15, 0.2) is 0 Å². The standard InChI is InChI=1S/2C22H47N.CH2O3/c2*1-4-6-8-10-12-14-16-18-20-22(23-3)21-19-17-15-13-11-9-7-5-2;2-1(3)4/h2*22-23H,4-21H2,1-3H3;(H2,2,3,4). The Bertz CT molecular complexity index is 501. The maximum absolute atomic E-state index is 8.33. The van der Waals surface area contributed by atoms with Gasteiger partial charge in [-0.05, 0) is 57.5 Å². The minimum atomic E-state index is -2.33. The predicted octanol–water partition coefficient (Wildman–Crippen LogP) is 10.8. The van der Waals surface area contributed by atoms with Crippen molar-refractivity contribution in [2.45, 2.75) is 271 Å². The molecule has 0 bridgehead atoms. The van der Waals surface area contributed by atoms with Crippen LogP contribution in [0.1, 0.15) is 259 Å². The molecule has 5 nitrogen and oxygen atoms in total. The Kier molecular flexibility index (Phi) is 53.9. The Morgan fingerprint density at radius 3 is 0.620 bits per heavy atom. The van der Waals surface area contributed by atoms with Crippen molar-refractivity contribution in [1.82, 2.24) is 0 Å². The van der Waals surface area contributed by atoms with Gasteiger partial charge in [0, 0.05) is 0 Å². The minimum absolute atomic E-state index is 0.898. The van der Waals surface area contributed by atoms with Gasteiger partial charge >= 0.3 is 0 Å². The molecule has 0 aliphatic heterocycles. The van der Waals surface area contributed by atoms with Crippen LogP contribution in [0.3, 0.4) is 0 Å². The van der Waals surface area contributed by atoms with E-state index in [1.54, 1.807) is 0 Å². The fourth-order valence-electron chi connectivity index (χ4n) is 7.12. The third-order valence-electron chi connectivity index (χ3n) is 10.7. The van der Waals surface area contributed by atoms with Gasteiger partial charge in [0.05, 0.1) is 26.2 Å². The van der Waals surface area contributed by atoms with Crippen LogP contribution in [-0.4, -0.2) is 32.3 Å². The lowest BCUT2D eigenvalue weighted by Crippen LogP contribution is -2.86. The molecule has 0 spiro atoms. The highest BCUT2D eigenvalue weighted by atomic mass is 16.6. The number of hydrogen-bond acceptors (Lipinski definition) is 3. The number of quaternary nitrogens is 2. The lowest BCUT2D eigenvalue weighted by molar-refractivity contribution is -0.665. The number of unbranched alkanes of at least 4 members (excludes halogenated alkanes) is 28. The smallest absolute Gasteiger partial charge is 0.0857 e. The van der Waals surface area contributed by atoms with Crippen LogP contribution in [0.15, 0.2) is 0 Å². The predicted molar refractivity (Wildman–Crippen MR) is 218 cm³/mol. The Balaban J connectivity index is -0.000000797. The van der Waals surface area contributed by atoms with Gasteiger partial charge in [0.1, 0.15) is 0 Å². The lowest BCUT2D eigenvalue weighted by atomic mass is 10.00. The summed E-state index contributed by atoms with van der Waals surface area (Å²) in [6, 6.07) is 1.80. The second kappa shape index (κ2) is 50.3. The van der Waals surface area contributed by atoms with E-state index < -0.39 is 6.16 Å². The molecule has 0 fully saturated rings. The fraction of sp³-hybridized carbons (Fsp3) is 0.978. The molecule has 0 amide bonds. The molecule has 0 aromatic rings. The van der Waals surface area contributed by atoms with Crippen molar-refractivity contribution < 1.29 is 25.6 Å². The first-order valence-corrected chi connectivity index (χ1v) is 22.9. The average Bonchev–Trinajstić information content (AvgIpc) is 3.11. The van der Waals surface area contributed by atoms with Crippen LogP contribution in [0.5, 0.6) is 0 Å². The third-order valence-corrected chi connectivity index (χ3v) is 10.7. The van der Waals surface area contributed by atoms with E-state index in [0.29, 0.717) is 0 Å². The van der Waals surface area contributed by atoms with Crippen LogP contribution in [0.2, 0.25) is 0 Å². The van der Waals surface area contributed by atoms with Crippen molar-refractivity contribution in [3.63, 3.8) is 0 Å². The van der Waals surface area contributed by atoms with Gasteiger partial charge in [-0.25, -0.2) is 0 Å². The van der Waals surface area contributed by atoms with E-state index in [1.807, 2.05) is 0 Å².